The number of anilines is 1. The molecule has 0 fully saturated rings. The van der Waals surface area contributed by atoms with Crippen molar-refractivity contribution in [1.29, 1.82) is 0 Å². The Morgan fingerprint density at radius 3 is 2.43 bits per heavy atom. The van der Waals surface area contributed by atoms with Gasteiger partial charge in [-0.2, -0.15) is 0 Å². The monoisotopic (exact) mass is 505 g/mol. The highest BCUT2D eigenvalue weighted by Gasteiger charge is 2.63. The number of likely N-dealkylation sites (N-methyl/N-ethyl adjacent to an activating group) is 1. The molecule has 4 atom stereocenters. The molecule has 0 heterocycles. The Balaban J connectivity index is 1.73. The molecule has 37 heavy (non-hydrogen) atoms. The lowest BCUT2D eigenvalue weighted by Crippen LogP contribution is -2.63. The van der Waals surface area contributed by atoms with Gasteiger partial charge < -0.3 is 31.9 Å². The van der Waals surface area contributed by atoms with Crippen molar-refractivity contribution in [3.05, 3.63) is 70.2 Å². The van der Waals surface area contributed by atoms with Crippen molar-refractivity contribution in [3.8, 4) is 16.9 Å². The third kappa shape index (κ3) is 3.29. The molecule has 0 radical (unpaired) electrons. The number of primary amides is 1. The van der Waals surface area contributed by atoms with Crippen LogP contribution in [0.4, 0.5) is 5.69 Å². The van der Waals surface area contributed by atoms with Gasteiger partial charge in [0.25, 0.3) is 5.91 Å². The van der Waals surface area contributed by atoms with Gasteiger partial charge >= 0.3 is 0 Å². The number of nitrogens with zero attached hydrogens (tertiary/aromatic N) is 1. The lowest BCUT2D eigenvalue weighted by molar-refractivity contribution is -0.148. The van der Waals surface area contributed by atoms with E-state index < -0.39 is 58.0 Å². The number of phenols is 1. The van der Waals surface area contributed by atoms with Gasteiger partial charge in [0, 0.05) is 17.2 Å². The maximum atomic E-state index is 13.8. The van der Waals surface area contributed by atoms with Gasteiger partial charge in [-0.25, -0.2) is 0 Å². The Kier molecular flexibility index (Phi) is 5.43. The van der Waals surface area contributed by atoms with Crippen molar-refractivity contribution in [2.75, 3.05) is 19.8 Å². The van der Waals surface area contributed by atoms with Crippen molar-refractivity contribution in [2.24, 2.45) is 17.6 Å². The summed E-state index contributed by atoms with van der Waals surface area (Å²) in [7, 11) is 3.17. The van der Waals surface area contributed by atoms with E-state index in [1.54, 1.807) is 38.4 Å². The highest BCUT2D eigenvalue weighted by molar-refractivity contribution is 6.24. The number of hydrogen-bond donors (Lipinski definition) is 6. The molecule has 0 spiro atoms. The van der Waals surface area contributed by atoms with Crippen LogP contribution in [-0.2, 0) is 16.0 Å². The number of carbonyl (C=O) groups excluding carboxylic acids is 3. The summed E-state index contributed by atoms with van der Waals surface area (Å²) in [5.74, 6) is -6.77. The zero-order chi connectivity index (χ0) is 27.0. The zero-order valence-corrected chi connectivity index (χ0v) is 20.2. The van der Waals surface area contributed by atoms with Crippen molar-refractivity contribution in [2.45, 2.75) is 24.5 Å². The van der Waals surface area contributed by atoms with Crippen LogP contribution in [0.5, 0.6) is 5.75 Å². The van der Waals surface area contributed by atoms with Crippen LogP contribution in [0.15, 0.2) is 59.1 Å². The number of aromatic hydroxyl groups is 1. The second-order valence-corrected chi connectivity index (χ2v) is 10.1. The van der Waals surface area contributed by atoms with Gasteiger partial charge in [-0.05, 0) is 67.7 Å². The summed E-state index contributed by atoms with van der Waals surface area (Å²) < 4.78 is 0. The first-order chi connectivity index (χ1) is 17.4. The van der Waals surface area contributed by atoms with Crippen LogP contribution in [-0.4, -0.2) is 68.5 Å². The lowest BCUT2D eigenvalue weighted by atomic mass is 9.58. The molecule has 0 saturated heterocycles. The van der Waals surface area contributed by atoms with Gasteiger partial charge in [0.1, 0.15) is 22.8 Å². The number of hydrogen-bond acceptors (Lipinski definition) is 9. The molecule has 0 aromatic heterocycles. The predicted molar refractivity (Wildman–Crippen MR) is 134 cm³/mol. The average molecular weight is 506 g/mol. The van der Waals surface area contributed by atoms with Gasteiger partial charge in [0.05, 0.1) is 11.6 Å². The minimum absolute atomic E-state index is 0.0256. The Bertz CT molecular complexity index is 1460. The molecule has 3 aliphatic rings. The van der Waals surface area contributed by atoms with Crippen LogP contribution in [0, 0.1) is 11.8 Å². The topological polar surface area (TPSA) is 187 Å². The first-order valence-corrected chi connectivity index (χ1v) is 11.7. The van der Waals surface area contributed by atoms with E-state index in [0.29, 0.717) is 16.8 Å². The fraction of sp³-hybridized carbons (Fsp3) is 0.296. The average Bonchev–Trinajstić information content (AvgIpc) is 2.81. The lowest BCUT2D eigenvalue weighted by Gasteiger charge is -2.50. The minimum Gasteiger partial charge on any atom is -0.510 e. The number of Topliss-reactive ketones (excluding diaryl/α,β-unsaturated/α-hetero) is 2. The van der Waals surface area contributed by atoms with E-state index in [2.05, 4.69) is 0 Å². The van der Waals surface area contributed by atoms with E-state index in [4.69, 9.17) is 11.5 Å². The van der Waals surface area contributed by atoms with Crippen LogP contribution in [0.1, 0.15) is 22.3 Å². The van der Waals surface area contributed by atoms with Crippen LogP contribution >= 0.6 is 0 Å². The standard InChI is InChI=1S/C27H27N3O7/c1-30(2)21-16-10-12-9-15-14(11-4-3-5-13(28)8-11)6-7-17(31)19(15)22(32)18(12)24(34)27(16,37)25(35)20(23(21)33)26(29)36/h3-8,12,16,21,31,33-34,37H,9-10,28H2,1-2H3,(H2,29,36)/t12-,16-,21-,27+/m1/s1. The molecule has 3 aliphatic carbocycles. The Morgan fingerprint density at radius 2 is 1.81 bits per heavy atom. The highest BCUT2D eigenvalue weighted by atomic mass is 16.3. The molecule has 192 valence electrons. The number of nitrogens with two attached hydrogens (primary N) is 2. The van der Waals surface area contributed by atoms with Crippen LogP contribution in [0.3, 0.4) is 0 Å². The van der Waals surface area contributed by atoms with Crippen LogP contribution < -0.4 is 11.5 Å². The van der Waals surface area contributed by atoms with Crippen molar-refractivity contribution in [1.82, 2.24) is 4.90 Å². The highest BCUT2D eigenvalue weighted by Crippen LogP contribution is 2.53. The quantitative estimate of drug-likeness (QED) is 0.264. The van der Waals surface area contributed by atoms with Crippen molar-refractivity contribution >= 4 is 23.2 Å². The molecule has 8 N–H and O–H groups in total. The number of aliphatic hydroxyl groups is 3. The third-order valence-electron chi connectivity index (χ3n) is 7.80. The third-order valence-corrected chi connectivity index (χ3v) is 7.80. The molecule has 0 unspecified atom stereocenters. The second kappa shape index (κ2) is 8.19. The summed E-state index contributed by atoms with van der Waals surface area (Å²) in [6.45, 7) is 0. The SMILES string of the molecule is CN(C)[C@H]1C(O)=C(C(N)=O)C(=O)[C@@]2(O)C(O)=C3C(=O)c4c(O)ccc(-c5cccc(N)c5)c4C[C@@H]3C[C@H]12. The van der Waals surface area contributed by atoms with E-state index in [1.165, 1.54) is 11.0 Å². The maximum Gasteiger partial charge on any atom is 0.255 e. The summed E-state index contributed by atoms with van der Waals surface area (Å²) in [6.07, 6.45) is 0.227. The first-order valence-electron chi connectivity index (χ1n) is 11.7. The molecule has 5 rings (SSSR count). The number of nitrogen functional groups attached to an aromatic ring is 1. The van der Waals surface area contributed by atoms with Gasteiger partial charge in [-0.1, -0.05) is 18.2 Å². The number of fused-ring (bicyclic) bond motifs is 3. The Labute approximate surface area is 212 Å². The zero-order valence-electron chi connectivity index (χ0n) is 20.2. The van der Waals surface area contributed by atoms with E-state index in [0.717, 1.165) is 5.56 Å². The Hall–Kier alpha value is -4.15. The van der Waals surface area contributed by atoms with Gasteiger partial charge in [0.15, 0.2) is 11.4 Å². The number of amides is 1. The molecule has 0 bridgehead atoms. The van der Waals surface area contributed by atoms with Gasteiger partial charge in [-0.3, -0.25) is 19.3 Å². The molecule has 0 aliphatic heterocycles. The summed E-state index contributed by atoms with van der Waals surface area (Å²) >= 11 is 0. The molecular weight excluding hydrogens is 478 g/mol. The van der Waals surface area contributed by atoms with Crippen molar-refractivity contribution < 1.29 is 34.8 Å². The summed E-state index contributed by atoms with van der Waals surface area (Å²) in [5, 5.41) is 44.5. The second-order valence-electron chi connectivity index (χ2n) is 10.1. The van der Waals surface area contributed by atoms with E-state index in [9.17, 15) is 34.8 Å². The van der Waals surface area contributed by atoms with Gasteiger partial charge in [-0.15, -0.1) is 0 Å². The number of benzene rings is 2. The molecule has 10 heteroatoms. The van der Waals surface area contributed by atoms with Crippen LogP contribution in [0.25, 0.3) is 11.1 Å². The molecule has 0 saturated carbocycles. The summed E-state index contributed by atoms with van der Waals surface area (Å²) in [6, 6.07) is 9.08. The first kappa shape index (κ1) is 24.5. The van der Waals surface area contributed by atoms with E-state index in [1.807, 2.05) is 6.07 Å². The summed E-state index contributed by atoms with van der Waals surface area (Å²) in [5.41, 5.74) is 10.1. The number of carbonyl (C=O) groups is 3. The van der Waals surface area contributed by atoms with E-state index >= 15 is 0 Å². The van der Waals surface area contributed by atoms with Crippen LogP contribution in [0.2, 0.25) is 0 Å². The molecule has 10 nitrogen and oxygen atoms in total. The number of phenolic OH excluding ortho intramolecular Hbond substituents is 1. The number of aliphatic hydroxyl groups excluding tert-OH is 2. The van der Waals surface area contributed by atoms with Gasteiger partial charge in [0.2, 0.25) is 5.78 Å². The fourth-order valence-electron chi connectivity index (χ4n) is 6.23. The number of ketones is 2. The summed E-state index contributed by atoms with van der Waals surface area (Å²) in [4.78, 5) is 40.7. The van der Waals surface area contributed by atoms with E-state index in [-0.39, 0.29) is 29.7 Å². The molecule has 1 amide bonds. The largest absolute Gasteiger partial charge is 0.510 e. The van der Waals surface area contributed by atoms with Crippen molar-refractivity contribution in [3.63, 3.8) is 0 Å². The number of rotatable bonds is 3. The fourth-order valence-corrected chi connectivity index (χ4v) is 6.23. The predicted octanol–water partition coefficient (Wildman–Crippen LogP) is 1.37. The molecular formula is C27H27N3O7. The molecule has 2 aromatic carbocycles. The Morgan fingerprint density at radius 1 is 1.11 bits per heavy atom. The normalized spacial score (nSPS) is 27.2. The molecule has 2 aromatic rings. The minimum atomic E-state index is -2.66. The maximum absolute atomic E-state index is 13.8. The number of allylic oxidation sites excluding steroid dienone is 1. The smallest absolute Gasteiger partial charge is 0.255 e.